The third-order valence-corrected chi connectivity index (χ3v) is 1.27. The molecule has 0 fully saturated rings. The first-order valence-corrected chi connectivity index (χ1v) is 3.14. The smallest absolute Gasteiger partial charge is 1.00 e. The molecule has 0 unspecified atom stereocenters. The van der Waals surface area contributed by atoms with E-state index in [1.165, 1.54) is 18.4 Å². The van der Waals surface area contributed by atoms with Crippen LogP contribution in [-0.4, -0.2) is 0 Å². The molecule has 0 radical (unpaired) electrons. The molecule has 0 aromatic heterocycles. The van der Waals surface area contributed by atoms with Crippen LogP contribution in [0, 0.1) is 0 Å². The summed E-state index contributed by atoms with van der Waals surface area (Å²) in [5.74, 6) is 0. The SMILES string of the molecule is CCC[c-]1cccc1.[Cl-].[Cl-].[Hf+4]. The van der Waals surface area contributed by atoms with Gasteiger partial charge in [0.15, 0.2) is 0 Å². The quantitative estimate of drug-likeness (QED) is 0.379. The Balaban J connectivity index is -0.000000213. The average molecular weight is 357 g/mol. The molecule has 1 aromatic rings. The van der Waals surface area contributed by atoms with Gasteiger partial charge in [-0.05, 0) is 0 Å². The van der Waals surface area contributed by atoms with Crippen molar-refractivity contribution in [2.45, 2.75) is 19.8 Å². The third-order valence-electron chi connectivity index (χ3n) is 1.27. The van der Waals surface area contributed by atoms with Crippen LogP contribution in [0.1, 0.15) is 18.9 Å². The summed E-state index contributed by atoms with van der Waals surface area (Å²) in [7, 11) is 0. The van der Waals surface area contributed by atoms with Crippen molar-refractivity contribution in [1.82, 2.24) is 0 Å². The van der Waals surface area contributed by atoms with Gasteiger partial charge in [0.2, 0.25) is 0 Å². The summed E-state index contributed by atoms with van der Waals surface area (Å²) in [6, 6.07) is 8.52. The van der Waals surface area contributed by atoms with Crippen molar-refractivity contribution in [3.63, 3.8) is 0 Å². The molecule has 0 atom stereocenters. The molecule has 0 amide bonds. The van der Waals surface area contributed by atoms with Crippen LogP contribution in [0.3, 0.4) is 0 Å². The van der Waals surface area contributed by atoms with Gasteiger partial charge in [0.05, 0.1) is 0 Å². The summed E-state index contributed by atoms with van der Waals surface area (Å²) in [6.45, 7) is 2.20. The summed E-state index contributed by atoms with van der Waals surface area (Å²) in [5.41, 5.74) is 1.47. The Morgan fingerprint density at radius 3 is 1.91 bits per heavy atom. The Morgan fingerprint density at radius 2 is 1.55 bits per heavy atom. The summed E-state index contributed by atoms with van der Waals surface area (Å²) in [5, 5.41) is 0. The fraction of sp³-hybridized carbons (Fsp3) is 0.375. The van der Waals surface area contributed by atoms with Crippen LogP contribution in [0.4, 0.5) is 0 Å². The van der Waals surface area contributed by atoms with E-state index < -0.39 is 0 Å². The summed E-state index contributed by atoms with van der Waals surface area (Å²) < 4.78 is 0. The van der Waals surface area contributed by atoms with Crippen molar-refractivity contribution < 1.29 is 50.7 Å². The summed E-state index contributed by atoms with van der Waals surface area (Å²) >= 11 is 0. The number of hydrogen-bond acceptors (Lipinski definition) is 0. The molecule has 0 saturated heterocycles. The standard InChI is InChI=1S/C8H11.2ClH.Hf/c1-2-5-8-6-3-4-7-8;;;/h3-4,6-7H,2,5H2,1H3;2*1H;/q-1;;;+4/p-2. The van der Waals surface area contributed by atoms with Crippen molar-refractivity contribution in [2.75, 3.05) is 0 Å². The molecule has 0 aliphatic heterocycles. The van der Waals surface area contributed by atoms with E-state index in [-0.39, 0.29) is 50.7 Å². The number of rotatable bonds is 2. The largest absolute Gasteiger partial charge is 4.00 e. The molecule has 11 heavy (non-hydrogen) atoms. The Morgan fingerprint density at radius 1 is 1.09 bits per heavy atom. The van der Waals surface area contributed by atoms with Crippen molar-refractivity contribution in [3.05, 3.63) is 29.8 Å². The molecule has 1 rings (SSSR count). The minimum atomic E-state index is 0. The molecule has 60 valence electrons. The van der Waals surface area contributed by atoms with E-state index in [1.807, 2.05) is 0 Å². The molecule has 3 heteroatoms. The predicted octanol–water partition coefficient (Wildman–Crippen LogP) is -3.64. The van der Waals surface area contributed by atoms with Gasteiger partial charge >= 0.3 is 25.8 Å². The first kappa shape index (κ1) is 17.8. The number of aryl methyl sites for hydroxylation is 1. The van der Waals surface area contributed by atoms with Gasteiger partial charge in [0, 0.05) is 0 Å². The zero-order valence-corrected chi connectivity index (χ0v) is 11.6. The maximum absolute atomic E-state index is 2.20. The fourth-order valence-corrected chi connectivity index (χ4v) is 0.869. The Kier molecular flexibility index (Phi) is 17.5. The zero-order valence-electron chi connectivity index (χ0n) is 6.48. The molecule has 0 nitrogen and oxygen atoms in total. The van der Waals surface area contributed by atoms with E-state index in [0.29, 0.717) is 0 Å². The van der Waals surface area contributed by atoms with E-state index in [4.69, 9.17) is 0 Å². The molecule has 0 bridgehead atoms. The minimum Gasteiger partial charge on any atom is -1.00 e. The van der Waals surface area contributed by atoms with E-state index in [1.54, 1.807) is 0 Å². The first-order chi connectivity index (χ1) is 3.93. The van der Waals surface area contributed by atoms with Crippen molar-refractivity contribution in [3.8, 4) is 0 Å². The Labute approximate surface area is 99.7 Å². The molecular formula is C8H11Cl2Hf+. The number of halogens is 2. The monoisotopic (exact) mass is 357 g/mol. The molecule has 1 aromatic carbocycles. The van der Waals surface area contributed by atoms with Gasteiger partial charge in [-0.1, -0.05) is 19.8 Å². The second-order valence-corrected chi connectivity index (χ2v) is 2.04. The van der Waals surface area contributed by atoms with Crippen LogP contribution in [-0.2, 0) is 32.3 Å². The van der Waals surface area contributed by atoms with E-state index in [2.05, 4.69) is 31.2 Å². The third kappa shape index (κ3) is 7.17. The van der Waals surface area contributed by atoms with Crippen LogP contribution < -0.4 is 24.8 Å². The maximum atomic E-state index is 2.20. The summed E-state index contributed by atoms with van der Waals surface area (Å²) in [4.78, 5) is 0. The number of hydrogen-bond donors (Lipinski definition) is 0. The van der Waals surface area contributed by atoms with Gasteiger partial charge in [-0.2, -0.15) is 17.7 Å². The zero-order chi connectivity index (χ0) is 5.82. The van der Waals surface area contributed by atoms with Crippen LogP contribution in [0.25, 0.3) is 0 Å². The topological polar surface area (TPSA) is 0 Å². The van der Waals surface area contributed by atoms with Crippen LogP contribution >= 0.6 is 0 Å². The van der Waals surface area contributed by atoms with Crippen LogP contribution in [0.2, 0.25) is 0 Å². The molecular weight excluding hydrogens is 345 g/mol. The van der Waals surface area contributed by atoms with Crippen LogP contribution in [0.15, 0.2) is 24.3 Å². The second-order valence-electron chi connectivity index (χ2n) is 2.04. The minimum absolute atomic E-state index is 0. The van der Waals surface area contributed by atoms with Gasteiger partial charge in [0.25, 0.3) is 0 Å². The van der Waals surface area contributed by atoms with E-state index in [0.717, 1.165) is 0 Å². The van der Waals surface area contributed by atoms with Crippen molar-refractivity contribution >= 4 is 0 Å². The van der Waals surface area contributed by atoms with Gasteiger partial charge in [-0.15, -0.1) is 0 Å². The predicted molar refractivity (Wildman–Crippen MR) is 36.0 cm³/mol. The normalized spacial score (nSPS) is 7.00. The van der Waals surface area contributed by atoms with E-state index in [9.17, 15) is 0 Å². The molecule has 0 spiro atoms. The van der Waals surface area contributed by atoms with Gasteiger partial charge in [-0.25, -0.2) is 12.1 Å². The Bertz CT molecular complexity index is 138. The molecule has 0 heterocycles. The maximum Gasteiger partial charge on any atom is 4.00 e. The first-order valence-electron chi connectivity index (χ1n) is 3.14. The van der Waals surface area contributed by atoms with Gasteiger partial charge in [-0.3, -0.25) is 0 Å². The molecule has 0 aliphatic rings. The van der Waals surface area contributed by atoms with Crippen molar-refractivity contribution in [2.24, 2.45) is 0 Å². The molecule has 0 aliphatic carbocycles. The summed E-state index contributed by atoms with van der Waals surface area (Å²) in [6.07, 6.45) is 2.48. The Hall–Kier alpha value is 0.800. The van der Waals surface area contributed by atoms with Gasteiger partial charge in [0.1, 0.15) is 0 Å². The van der Waals surface area contributed by atoms with Gasteiger partial charge < -0.3 is 24.8 Å². The van der Waals surface area contributed by atoms with E-state index >= 15 is 0 Å². The average Bonchev–Trinajstić information content (AvgIpc) is 2.19. The second kappa shape index (κ2) is 10.8. The van der Waals surface area contributed by atoms with Crippen molar-refractivity contribution in [1.29, 1.82) is 0 Å². The fourth-order valence-electron chi connectivity index (χ4n) is 0.869. The van der Waals surface area contributed by atoms with Crippen LogP contribution in [0.5, 0.6) is 0 Å². The molecule has 0 N–H and O–H groups in total. The molecule has 0 saturated carbocycles.